The second-order valence-corrected chi connectivity index (χ2v) is 4.22. The van der Waals surface area contributed by atoms with Crippen LogP contribution in [0.4, 0.5) is 0 Å². The zero-order chi connectivity index (χ0) is 10.8. The molecule has 4 nitrogen and oxygen atoms in total. The number of benzene rings is 1. The fourth-order valence-electron chi connectivity index (χ4n) is 1.31. The third kappa shape index (κ3) is 2.01. The van der Waals surface area contributed by atoms with E-state index in [0.29, 0.717) is 5.69 Å². The Bertz CT molecular complexity index is 508. The second-order valence-electron chi connectivity index (χ2n) is 2.97. The van der Waals surface area contributed by atoms with Gasteiger partial charge >= 0.3 is 5.97 Å². The average molecular weight is 314 g/mol. The number of hydrogen-bond donors (Lipinski definition) is 2. The van der Waals surface area contributed by atoms with Crippen molar-refractivity contribution < 1.29 is 9.90 Å². The number of carboxylic acids is 1. The standard InChI is InChI=1S/C10H7IN2O2/c11-7-3-1-2-6(4-7)9-8(10(14)15)5-12-13-9/h1-5H,(H,12,13)(H,14,15). The van der Waals surface area contributed by atoms with Gasteiger partial charge in [-0.1, -0.05) is 12.1 Å². The fourth-order valence-corrected chi connectivity index (χ4v) is 1.86. The molecule has 0 fully saturated rings. The number of halogens is 1. The van der Waals surface area contributed by atoms with E-state index in [1.807, 2.05) is 24.3 Å². The molecule has 0 amide bonds. The molecule has 0 bridgehead atoms. The van der Waals surface area contributed by atoms with E-state index in [2.05, 4.69) is 32.8 Å². The second kappa shape index (κ2) is 4.01. The molecule has 0 aliphatic carbocycles. The number of rotatable bonds is 2. The quantitative estimate of drug-likeness (QED) is 0.837. The van der Waals surface area contributed by atoms with Crippen LogP contribution in [-0.2, 0) is 0 Å². The molecular weight excluding hydrogens is 307 g/mol. The van der Waals surface area contributed by atoms with Crippen LogP contribution in [-0.4, -0.2) is 21.3 Å². The van der Waals surface area contributed by atoms with Crippen molar-refractivity contribution in [3.8, 4) is 11.3 Å². The lowest BCUT2D eigenvalue weighted by Gasteiger charge is -2.00. The SMILES string of the molecule is O=C(O)c1cn[nH]c1-c1cccc(I)c1. The van der Waals surface area contributed by atoms with Crippen molar-refractivity contribution in [2.75, 3.05) is 0 Å². The van der Waals surface area contributed by atoms with Gasteiger partial charge in [0.25, 0.3) is 0 Å². The van der Waals surface area contributed by atoms with Gasteiger partial charge in [0.05, 0.1) is 11.9 Å². The lowest BCUT2D eigenvalue weighted by molar-refractivity contribution is 0.0698. The number of hydrogen-bond acceptors (Lipinski definition) is 2. The summed E-state index contributed by atoms with van der Waals surface area (Å²) in [6.45, 7) is 0. The van der Waals surface area contributed by atoms with Crippen LogP contribution in [0.5, 0.6) is 0 Å². The first-order valence-corrected chi connectivity index (χ1v) is 5.29. The summed E-state index contributed by atoms with van der Waals surface area (Å²) >= 11 is 2.18. The Labute approximate surface area is 99.5 Å². The summed E-state index contributed by atoms with van der Waals surface area (Å²) in [5.74, 6) is -0.974. The first-order valence-electron chi connectivity index (χ1n) is 4.21. The monoisotopic (exact) mass is 314 g/mol. The molecule has 0 saturated heterocycles. The number of nitrogens with zero attached hydrogens (tertiary/aromatic N) is 1. The van der Waals surface area contributed by atoms with E-state index in [0.717, 1.165) is 9.13 Å². The maximum Gasteiger partial charge on any atom is 0.339 e. The van der Waals surface area contributed by atoms with Gasteiger partial charge in [-0.25, -0.2) is 4.79 Å². The molecule has 0 unspecified atom stereocenters. The number of aromatic nitrogens is 2. The number of aromatic carboxylic acids is 1. The van der Waals surface area contributed by atoms with Crippen LogP contribution in [0.1, 0.15) is 10.4 Å². The number of H-pyrrole nitrogens is 1. The summed E-state index contributed by atoms with van der Waals surface area (Å²) in [6.07, 6.45) is 1.32. The topological polar surface area (TPSA) is 66.0 Å². The highest BCUT2D eigenvalue weighted by Crippen LogP contribution is 2.22. The highest BCUT2D eigenvalue weighted by molar-refractivity contribution is 14.1. The van der Waals surface area contributed by atoms with Crippen LogP contribution < -0.4 is 0 Å². The van der Waals surface area contributed by atoms with Gasteiger partial charge in [0.1, 0.15) is 5.56 Å². The molecule has 2 N–H and O–H groups in total. The maximum atomic E-state index is 10.9. The van der Waals surface area contributed by atoms with Crippen molar-refractivity contribution in [2.24, 2.45) is 0 Å². The molecule has 0 aliphatic heterocycles. The molecule has 1 aromatic heterocycles. The highest BCUT2D eigenvalue weighted by Gasteiger charge is 2.13. The zero-order valence-electron chi connectivity index (χ0n) is 7.57. The zero-order valence-corrected chi connectivity index (χ0v) is 9.72. The minimum Gasteiger partial charge on any atom is -0.478 e. The van der Waals surface area contributed by atoms with Gasteiger partial charge < -0.3 is 5.11 Å². The number of nitrogens with one attached hydrogen (secondary N) is 1. The van der Waals surface area contributed by atoms with Gasteiger partial charge in [-0.05, 0) is 34.7 Å². The molecule has 76 valence electrons. The van der Waals surface area contributed by atoms with Crippen molar-refractivity contribution in [3.63, 3.8) is 0 Å². The van der Waals surface area contributed by atoms with E-state index >= 15 is 0 Å². The summed E-state index contributed by atoms with van der Waals surface area (Å²) in [4.78, 5) is 10.9. The summed E-state index contributed by atoms with van der Waals surface area (Å²) < 4.78 is 1.05. The molecule has 0 aliphatic rings. The van der Waals surface area contributed by atoms with Crippen LogP contribution in [0.15, 0.2) is 30.5 Å². The molecule has 1 aromatic carbocycles. The largest absolute Gasteiger partial charge is 0.478 e. The summed E-state index contributed by atoms with van der Waals surface area (Å²) in [7, 11) is 0. The van der Waals surface area contributed by atoms with Gasteiger partial charge in [0.15, 0.2) is 0 Å². The van der Waals surface area contributed by atoms with Crippen molar-refractivity contribution in [2.45, 2.75) is 0 Å². The molecule has 0 radical (unpaired) electrons. The predicted molar refractivity (Wildman–Crippen MR) is 63.7 cm³/mol. The van der Waals surface area contributed by atoms with Gasteiger partial charge in [0.2, 0.25) is 0 Å². The minimum absolute atomic E-state index is 0.192. The van der Waals surface area contributed by atoms with E-state index in [9.17, 15) is 4.79 Å². The van der Waals surface area contributed by atoms with E-state index in [1.165, 1.54) is 6.20 Å². The third-order valence-corrected chi connectivity index (χ3v) is 2.65. The highest BCUT2D eigenvalue weighted by atomic mass is 127. The summed E-state index contributed by atoms with van der Waals surface area (Å²) in [5.41, 5.74) is 1.56. The average Bonchev–Trinajstić information content (AvgIpc) is 2.65. The van der Waals surface area contributed by atoms with Crippen LogP contribution in [0.3, 0.4) is 0 Å². The predicted octanol–water partition coefficient (Wildman–Crippen LogP) is 2.38. The number of carboxylic acid groups (broad SMARTS) is 1. The normalized spacial score (nSPS) is 10.2. The molecule has 15 heavy (non-hydrogen) atoms. The van der Waals surface area contributed by atoms with E-state index in [1.54, 1.807) is 0 Å². The van der Waals surface area contributed by atoms with E-state index in [-0.39, 0.29) is 5.56 Å². The fraction of sp³-hybridized carbons (Fsp3) is 0. The first kappa shape index (κ1) is 10.2. The van der Waals surface area contributed by atoms with Gasteiger partial charge in [0, 0.05) is 9.13 Å². The molecule has 2 rings (SSSR count). The molecule has 0 spiro atoms. The number of aromatic amines is 1. The van der Waals surface area contributed by atoms with Crippen molar-refractivity contribution in [1.82, 2.24) is 10.2 Å². The smallest absolute Gasteiger partial charge is 0.339 e. The van der Waals surface area contributed by atoms with Crippen molar-refractivity contribution in [1.29, 1.82) is 0 Å². The van der Waals surface area contributed by atoms with Crippen LogP contribution in [0.2, 0.25) is 0 Å². The Kier molecular flexibility index (Phi) is 2.72. The Hall–Kier alpha value is -1.37. The summed E-state index contributed by atoms with van der Waals surface area (Å²) in [5, 5.41) is 15.4. The molecule has 2 aromatic rings. The molecule has 1 heterocycles. The van der Waals surface area contributed by atoms with Crippen molar-refractivity contribution >= 4 is 28.6 Å². The third-order valence-electron chi connectivity index (χ3n) is 1.98. The van der Waals surface area contributed by atoms with E-state index in [4.69, 9.17) is 5.11 Å². The molecule has 0 saturated carbocycles. The minimum atomic E-state index is -0.974. The Morgan fingerprint density at radius 2 is 2.27 bits per heavy atom. The van der Waals surface area contributed by atoms with Crippen LogP contribution in [0, 0.1) is 3.57 Å². The Morgan fingerprint density at radius 1 is 1.47 bits per heavy atom. The van der Waals surface area contributed by atoms with Gasteiger partial charge in [-0.15, -0.1) is 0 Å². The lowest BCUT2D eigenvalue weighted by Crippen LogP contribution is -1.96. The van der Waals surface area contributed by atoms with Crippen LogP contribution in [0.25, 0.3) is 11.3 Å². The maximum absolute atomic E-state index is 10.9. The van der Waals surface area contributed by atoms with E-state index < -0.39 is 5.97 Å². The molecule has 0 atom stereocenters. The lowest BCUT2D eigenvalue weighted by atomic mass is 10.1. The molecular formula is C10H7IN2O2. The first-order chi connectivity index (χ1) is 7.18. The van der Waals surface area contributed by atoms with Crippen LogP contribution >= 0.6 is 22.6 Å². The number of carbonyl (C=O) groups is 1. The van der Waals surface area contributed by atoms with Crippen molar-refractivity contribution in [3.05, 3.63) is 39.6 Å². The Balaban J connectivity index is 2.54. The van der Waals surface area contributed by atoms with Gasteiger partial charge in [-0.2, -0.15) is 5.10 Å². The Morgan fingerprint density at radius 3 is 2.93 bits per heavy atom. The molecule has 5 heteroatoms. The van der Waals surface area contributed by atoms with Gasteiger partial charge in [-0.3, -0.25) is 5.10 Å². The summed E-state index contributed by atoms with van der Waals surface area (Å²) in [6, 6.07) is 7.58.